The molecular formula is C22H33N3O7. The second-order valence-electron chi connectivity index (χ2n) is 7.83. The summed E-state index contributed by atoms with van der Waals surface area (Å²) in [7, 11) is 3.20. The van der Waals surface area contributed by atoms with Gasteiger partial charge in [-0.15, -0.1) is 0 Å². The molecule has 2 heterocycles. The maximum Gasteiger partial charge on any atom is 0.414 e. The van der Waals surface area contributed by atoms with Crippen LogP contribution >= 0.6 is 0 Å². The van der Waals surface area contributed by atoms with Crippen molar-refractivity contribution in [2.24, 2.45) is 0 Å². The van der Waals surface area contributed by atoms with Gasteiger partial charge in [-0.25, -0.2) is 9.59 Å². The number of nitrogens with zero attached hydrogens (tertiary/aromatic N) is 2. The Morgan fingerprint density at radius 2 is 1.59 bits per heavy atom. The van der Waals surface area contributed by atoms with Crippen LogP contribution < -0.4 is 14.8 Å². The normalized spacial score (nSPS) is 17.6. The lowest BCUT2D eigenvalue weighted by Gasteiger charge is -2.40. The number of likely N-dealkylation sites (tertiary alicyclic amines) is 2. The minimum atomic E-state index is -1.82. The highest BCUT2D eigenvalue weighted by atomic mass is 16.5. The smallest absolute Gasteiger partial charge is 0.414 e. The maximum atomic E-state index is 12.4. The van der Waals surface area contributed by atoms with Gasteiger partial charge in [0.2, 0.25) is 5.91 Å². The molecule has 10 heteroatoms. The van der Waals surface area contributed by atoms with Gasteiger partial charge in [-0.2, -0.15) is 0 Å². The van der Waals surface area contributed by atoms with E-state index in [9.17, 15) is 4.79 Å². The Kier molecular flexibility index (Phi) is 10.2. The Labute approximate surface area is 188 Å². The number of aliphatic carboxylic acids is 2. The number of benzene rings is 1. The Morgan fingerprint density at radius 3 is 2.12 bits per heavy atom. The zero-order valence-electron chi connectivity index (χ0n) is 18.7. The van der Waals surface area contributed by atoms with Gasteiger partial charge in [0.1, 0.15) is 11.5 Å². The number of carboxylic acids is 2. The molecule has 1 aromatic carbocycles. The first kappa shape index (κ1) is 25.4. The summed E-state index contributed by atoms with van der Waals surface area (Å²) >= 11 is 0. The van der Waals surface area contributed by atoms with Crippen molar-refractivity contribution in [3.63, 3.8) is 0 Å². The van der Waals surface area contributed by atoms with E-state index in [0.29, 0.717) is 29.8 Å². The summed E-state index contributed by atoms with van der Waals surface area (Å²) in [5.41, 5.74) is 0.682. The quantitative estimate of drug-likeness (QED) is 0.554. The summed E-state index contributed by atoms with van der Waals surface area (Å²) in [6.07, 6.45) is 6.39. The molecule has 0 aliphatic carbocycles. The van der Waals surface area contributed by atoms with Crippen LogP contribution in [-0.2, 0) is 14.4 Å². The molecule has 0 bridgehead atoms. The van der Waals surface area contributed by atoms with E-state index in [0.717, 1.165) is 13.1 Å². The molecular weight excluding hydrogens is 418 g/mol. The van der Waals surface area contributed by atoms with Crippen LogP contribution in [0.2, 0.25) is 0 Å². The molecule has 2 saturated heterocycles. The van der Waals surface area contributed by atoms with Gasteiger partial charge >= 0.3 is 11.9 Å². The molecule has 0 radical (unpaired) electrons. The summed E-state index contributed by atoms with van der Waals surface area (Å²) in [6, 6.07) is 6.12. The van der Waals surface area contributed by atoms with Gasteiger partial charge in [0.15, 0.2) is 0 Å². The van der Waals surface area contributed by atoms with E-state index >= 15 is 0 Å². The zero-order chi connectivity index (χ0) is 23.5. The van der Waals surface area contributed by atoms with Crippen LogP contribution in [0.1, 0.15) is 32.1 Å². The lowest BCUT2D eigenvalue weighted by Crippen LogP contribution is -2.48. The number of methoxy groups -OCH3 is 2. The lowest BCUT2D eigenvalue weighted by molar-refractivity contribution is -0.159. The van der Waals surface area contributed by atoms with Crippen molar-refractivity contribution in [2.45, 2.75) is 38.1 Å². The minimum absolute atomic E-state index is 0.00453. The van der Waals surface area contributed by atoms with Crippen LogP contribution in [0.25, 0.3) is 0 Å². The maximum absolute atomic E-state index is 12.4. The lowest BCUT2D eigenvalue weighted by atomic mass is 10.00. The van der Waals surface area contributed by atoms with Crippen molar-refractivity contribution in [3.8, 4) is 11.5 Å². The Balaban J connectivity index is 0.000000534. The van der Waals surface area contributed by atoms with Crippen LogP contribution in [0, 0.1) is 0 Å². The van der Waals surface area contributed by atoms with Gasteiger partial charge < -0.3 is 29.9 Å². The molecule has 3 rings (SSSR count). The molecule has 10 nitrogen and oxygen atoms in total. The van der Waals surface area contributed by atoms with E-state index in [1.54, 1.807) is 20.3 Å². The van der Waals surface area contributed by atoms with Crippen LogP contribution in [0.3, 0.4) is 0 Å². The summed E-state index contributed by atoms with van der Waals surface area (Å²) in [6.45, 7) is 4.93. The average Bonchev–Trinajstić information content (AvgIpc) is 2.80. The van der Waals surface area contributed by atoms with Crippen molar-refractivity contribution < 1.29 is 34.1 Å². The van der Waals surface area contributed by atoms with Crippen molar-refractivity contribution in [1.82, 2.24) is 9.80 Å². The molecule has 1 aromatic rings. The number of anilines is 1. The van der Waals surface area contributed by atoms with Gasteiger partial charge in [-0.1, -0.05) is 6.42 Å². The third-order valence-corrected chi connectivity index (χ3v) is 5.70. The van der Waals surface area contributed by atoms with Gasteiger partial charge in [-0.05, 0) is 50.9 Å². The molecule has 2 fully saturated rings. The van der Waals surface area contributed by atoms with Gasteiger partial charge in [0.05, 0.1) is 26.5 Å². The number of hydrogen-bond acceptors (Lipinski definition) is 7. The number of carbonyl (C=O) groups is 3. The van der Waals surface area contributed by atoms with Crippen molar-refractivity contribution in [1.29, 1.82) is 0 Å². The zero-order valence-corrected chi connectivity index (χ0v) is 18.7. The first-order chi connectivity index (χ1) is 15.3. The number of piperidine rings is 2. The van der Waals surface area contributed by atoms with Gasteiger partial charge in [0.25, 0.3) is 0 Å². The fourth-order valence-electron chi connectivity index (χ4n) is 4.02. The van der Waals surface area contributed by atoms with Gasteiger partial charge in [-0.3, -0.25) is 9.69 Å². The van der Waals surface area contributed by atoms with E-state index in [1.165, 1.54) is 45.2 Å². The van der Waals surface area contributed by atoms with Crippen LogP contribution in [-0.4, -0.2) is 90.8 Å². The first-order valence-electron chi connectivity index (χ1n) is 10.8. The Hall–Kier alpha value is -2.85. The van der Waals surface area contributed by atoms with E-state index in [4.69, 9.17) is 29.3 Å². The number of carbonyl (C=O) groups excluding carboxylic acids is 1. The number of rotatable bonds is 6. The van der Waals surface area contributed by atoms with Crippen molar-refractivity contribution >= 4 is 23.5 Å². The molecule has 0 spiro atoms. The monoisotopic (exact) mass is 451 g/mol. The molecule has 2 aliphatic heterocycles. The average molecular weight is 452 g/mol. The van der Waals surface area contributed by atoms with E-state index in [1.807, 2.05) is 12.1 Å². The second kappa shape index (κ2) is 12.9. The number of nitrogens with one attached hydrogen (secondary N) is 1. The first-order valence-corrected chi connectivity index (χ1v) is 10.8. The number of hydrogen-bond donors (Lipinski definition) is 3. The van der Waals surface area contributed by atoms with E-state index < -0.39 is 11.9 Å². The highest BCUT2D eigenvalue weighted by Gasteiger charge is 2.26. The van der Waals surface area contributed by atoms with E-state index in [-0.39, 0.29) is 5.91 Å². The fourth-order valence-corrected chi connectivity index (χ4v) is 4.02. The minimum Gasteiger partial charge on any atom is -0.497 e. The Bertz CT molecular complexity index is 761. The third-order valence-electron chi connectivity index (χ3n) is 5.70. The molecule has 3 N–H and O–H groups in total. The molecule has 32 heavy (non-hydrogen) atoms. The Morgan fingerprint density at radius 1 is 0.969 bits per heavy atom. The molecule has 2 aliphatic rings. The fraction of sp³-hybridized carbons (Fsp3) is 0.591. The summed E-state index contributed by atoms with van der Waals surface area (Å²) in [4.78, 5) is 35.5. The van der Waals surface area contributed by atoms with Gasteiger partial charge in [0, 0.05) is 25.2 Å². The molecule has 0 unspecified atom stereocenters. The van der Waals surface area contributed by atoms with Crippen LogP contribution in [0.4, 0.5) is 5.69 Å². The summed E-state index contributed by atoms with van der Waals surface area (Å²) in [5.74, 6) is -2.32. The van der Waals surface area contributed by atoms with Crippen LogP contribution in [0.5, 0.6) is 11.5 Å². The topological polar surface area (TPSA) is 129 Å². The largest absolute Gasteiger partial charge is 0.497 e. The third kappa shape index (κ3) is 8.01. The SMILES string of the molecule is COc1ccc(NC(=O)CN2CCC(N3CCCCC3)CC2)c(OC)c1.O=C(O)C(=O)O. The van der Waals surface area contributed by atoms with Crippen molar-refractivity contribution in [2.75, 3.05) is 52.3 Å². The second-order valence-corrected chi connectivity index (χ2v) is 7.83. The molecule has 1 amide bonds. The standard InChI is InChI=1S/C20H31N3O3.C2H2O4/c1-25-17-6-7-18(19(14-17)26-2)21-20(24)15-22-12-8-16(9-13-22)23-10-4-3-5-11-23;3-1(4)2(5)6/h6-7,14,16H,3-5,8-13,15H2,1-2H3,(H,21,24);(H,3,4)(H,5,6). The van der Waals surface area contributed by atoms with E-state index in [2.05, 4.69) is 15.1 Å². The number of ether oxygens (including phenoxy) is 2. The molecule has 0 aromatic heterocycles. The summed E-state index contributed by atoms with van der Waals surface area (Å²) < 4.78 is 10.5. The van der Waals surface area contributed by atoms with Crippen LogP contribution in [0.15, 0.2) is 18.2 Å². The molecule has 0 saturated carbocycles. The number of amides is 1. The van der Waals surface area contributed by atoms with Crippen molar-refractivity contribution in [3.05, 3.63) is 18.2 Å². The summed E-state index contributed by atoms with van der Waals surface area (Å²) in [5, 5.41) is 17.7. The predicted molar refractivity (Wildman–Crippen MR) is 118 cm³/mol. The number of carboxylic acid groups (broad SMARTS) is 2. The highest BCUT2D eigenvalue weighted by Crippen LogP contribution is 2.29. The highest BCUT2D eigenvalue weighted by molar-refractivity contribution is 6.27. The molecule has 178 valence electrons. The predicted octanol–water partition coefficient (Wildman–Crippen LogP) is 1.75. The molecule has 0 atom stereocenters.